The van der Waals surface area contributed by atoms with Gasteiger partial charge in [0.05, 0.1) is 0 Å². The van der Waals surface area contributed by atoms with Crippen LogP contribution in [0.2, 0.25) is 0 Å². The molecule has 0 bridgehead atoms. The van der Waals surface area contributed by atoms with Crippen LogP contribution in [0.4, 0.5) is 0 Å². The number of amides is 1. The number of ether oxygens (including phenoxy) is 1. The molecule has 1 amide bonds. The molecule has 0 saturated carbocycles. The van der Waals surface area contributed by atoms with Gasteiger partial charge in [0.2, 0.25) is 5.91 Å². The zero-order valence-electron chi connectivity index (χ0n) is 8.89. The van der Waals surface area contributed by atoms with Gasteiger partial charge >= 0.3 is 0 Å². The topological polar surface area (TPSA) is 64.3 Å². The lowest BCUT2D eigenvalue weighted by Gasteiger charge is -2.27. The second-order valence-corrected chi connectivity index (χ2v) is 3.79. The van der Waals surface area contributed by atoms with Crippen LogP contribution in [-0.2, 0) is 9.53 Å². The first-order chi connectivity index (χ1) is 5.93. The van der Waals surface area contributed by atoms with Crippen LogP contribution >= 0.6 is 0 Å². The zero-order chi connectivity index (χ0) is 10.5. The van der Waals surface area contributed by atoms with Gasteiger partial charge in [-0.15, -0.1) is 0 Å². The van der Waals surface area contributed by atoms with Crippen molar-refractivity contribution >= 4 is 5.91 Å². The minimum absolute atomic E-state index is 0.0963. The Kier molecular flexibility index (Phi) is 4.95. The average Bonchev–Trinajstić information content (AvgIpc) is 2.01. The maximum absolute atomic E-state index is 11.4. The first kappa shape index (κ1) is 12.4. The monoisotopic (exact) mass is 188 g/mol. The highest BCUT2D eigenvalue weighted by atomic mass is 16.5. The summed E-state index contributed by atoms with van der Waals surface area (Å²) in [5.41, 5.74) is 5.17. The second-order valence-electron chi connectivity index (χ2n) is 3.79. The van der Waals surface area contributed by atoms with E-state index in [2.05, 4.69) is 5.32 Å². The highest BCUT2D eigenvalue weighted by Gasteiger charge is 2.22. The predicted octanol–water partition coefficient (Wildman–Crippen LogP) is 0.265. The Balaban J connectivity index is 4.03. The third-order valence-corrected chi connectivity index (χ3v) is 1.95. The van der Waals surface area contributed by atoms with Gasteiger partial charge in [0.15, 0.2) is 0 Å². The van der Waals surface area contributed by atoms with Crippen molar-refractivity contribution in [1.82, 2.24) is 5.32 Å². The van der Waals surface area contributed by atoms with Crippen molar-refractivity contribution in [3.05, 3.63) is 0 Å². The van der Waals surface area contributed by atoms with E-state index < -0.39 is 6.10 Å². The van der Waals surface area contributed by atoms with Crippen LogP contribution in [0.3, 0.4) is 0 Å². The summed E-state index contributed by atoms with van der Waals surface area (Å²) in [6.45, 7) is 6.17. The van der Waals surface area contributed by atoms with Crippen LogP contribution in [0.15, 0.2) is 0 Å². The highest BCUT2D eigenvalue weighted by molar-refractivity contribution is 5.80. The van der Waals surface area contributed by atoms with Crippen molar-refractivity contribution in [2.75, 3.05) is 13.7 Å². The lowest BCUT2D eigenvalue weighted by atomic mass is 10.0. The molecule has 0 aromatic carbocycles. The fraction of sp³-hybridized carbons (Fsp3) is 0.889. The smallest absolute Gasteiger partial charge is 0.249 e. The van der Waals surface area contributed by atoms with E-state index in [0.717, 1.165) is 6.42 Å². The van der Waals surface area contributed by atoms with E-state index in [9.17, 15) is 4.79 Å². The summed E-state index contributed by atoms with van der Waals surface area (Å²) in [7, 11) is 1.51. The number of carbonyl (C=O) groups excluding carboxylic acids is 1. The molecule has 0 aromatic heterocycles. The van der Waals surface area contributed by atoms with Crippen molar-refractivity contribution < 1.29 is 9.53 Å². The van der Waals surface area contributed by atoms with Crippen LogP contribution in [0.5, 0.6) is 0 Å². The first-order valence-electron chi connectivity index (χ1n) is 4.48. The van der Waals surface area contributed by atoms with Crippen LogP contribution in [0, 0.1) is 0 Å². The number of nitrogens with two attached hydrogens (primary N) is 1. The van der Waals surface area contributed by atoms with Gasteiger partial charge in [0.25, 0.3) is 0 Å². The van der Waals surface area contributed by atoms with E-state index in [0.29, 0.717) is 6.54 Å². The van der Waals surface area contributed by atoms with E-state index in [1.54, 1.807) is 6.92 Å². The van der Waals surface area contributed by atoms with Crippen molar-refractivity contribution in [2.45, 2.75) is 38.8 Å². The molecule has 0 aliphatic rings. The standard InChI is InChI=1S/C9H20N2O2/c1-7(13-4)8(12)11-9(2,3)5-6-10/h7H,5-6,10H2,1-4H3,(H,11,12). The first-order valence-corrected chi connectivity index (χ1v) is 4.48. The summed E-state index contributed by atoms with van der Waals surface area (Å²) in [6.07, 6.45) is 0.354. The van der Waals surface area contributed by atoms with Gasteiger partial charge in [0, 0.05) is 12.6 Å². The Hall–Kier alpha value is -0.610. The Morgan fingerprint density at radius 2 is 2.15 bits per heavy atom. The summed E-state index contributed by atoms with van der Waals surface area (Å²) >= 11 is 0. The van der Waals surface area contributed by atoms with E-state index in [1.807, 2.05) is 13.8 Å². The van der Waals surface area contributed by atoms with E-state index in [4.69, 9.17) is 10.5 Å². The fourth-order valence-electron chi connectivity index (χ4n) is 0.966. The molecule has 0 radical (unpaired) electrons. The number of hydrogen-bond acceptors (Lipinski definition) is 3. The van der Waals surface area contributed by atoms with Gasteiger partial charge in [-0.25, -0.2) is 0 Å². The molecule has 4 heteroatoms. The number of rotatable bonds is 5. The van der Waals surface area contributed by atoms with Crippen LogP contribution in [0.25, 0.3) is 0 Å². The molecule has 0 saturated heterocycles. The Bertz CT molecular complexity index is 169. The van der Waals surface area contributed by atoms with Gasteiger partial charge in [-0.2, -0.15) is 0 Å². The van der Waals surface area contributed by atoms with Crippen LogP contribution in [0.1, 0.15) is 27.2 Å². The van der Waals surface area contributed by atoms with Gasteiger partial charge < -0.3 is 15.8 Å². The summed E-state index contributed by atoms with van der Waals surface area (Å²) < 4.78 is 4.89. The Morgan fingerprint density at radius 1 is 1.62 bits per heavy atom. The SMILES string of the molecule is COC(C)C(=O)NC(C)(C)CCN. The normalized spacial score (nSPS) is 13.9. The third-order valence-electron chi connectivity index (χ3n) is 1.95. The van der Waals surface area contributed by atoms with Crippen molar-refractivity contribution in [2.24, 2.45) is 5.73 Å². The summed E-state index contributed by atoms with van der Waals surface area (Å²) in [4.78, 5) is 11.4. The fourth-order valence-corrected chi connectivity index (χ4v) is 0.966. The van der Waals surface area contributed by atoms with Gasteiger partial charge in [0.1, 0.15) is 6.10 Å². The maximum Gasteiger partial charge on any atom is 0.249 e. The molecule has 0 aliphatic heterocycles. The van der Waals surface area contributed by atoms with Crippen molar-refractivity contribution in [1.29, 1.82) is 0 Å². The number of carbonyl (C=O) groups is 1. The number of nitrogens with one attached hydrogen (secondary N) is 1. The molecule has 0 aliphatic carbocycles. The number of methoxy groups -OCH3 is 1. The molecule has 0 fully saturated rings. The molecule has 0 spiro atoms. The quantitative estimate of drug-likeness (QED) is 0.650. The average molecular weight is 188 g/mol. The van der Waals surface area contributed by atoms with Crippen molar-refractivity contribution in [3.8, 4) is 0 Å². The molecule has 13 heavy (non-hydrogen) atoms. The molecule has 1 atom stereocenters. The predicted molar refractivity (Wildman–Crippen MR) is 52.4 cm³/mol. The number of hydrogen-bond donors (Lipinski definition) is 2. The van der Waals surface area contributed by atoms with E-state index in [1.165, 1.54) is 7.11 Å². The molecule has 3 N–H and O–H groups in total. The minimum Gasteiger partial charge on any atom is -0.372 e. The van der Waals surface area contributed by atoms with Gasteiger partial charge in [-0.05, 0) is 33.7 Å². The molecule has 0 rings (SSSR count). The molecular weight excluding hydrogens is 168 g/mol. The zero-order valence-corrected chi connectivity index (χ0v) is 8.89. The van der Waals surface area contributed by atoms with Crippen LogP contribution in [-0.4, -0.2) is 31.2 Å². The molecule has 78 valence electrons. The van der Waals surface area contributed by atoms with Gasteiger partial charge in [-0.1, -0.05) is 0 Å². The molecule has 0 aromatic rings. The van der Waals surface area contributed by atoms with Crippen molar-refractivity contribution in [3.63, 3.8) is 0 Å². The maximum atomic E-state index is 11.4. The lowest BCUT2D eigenvalue weighted by molar-refractivity contribution is -0.131. The lowest BCUT2D eigenvalue weighted by Crippen LogP contribution is -2.48. The van der Waals surface area contributed by atoms with Gasteiger partial charge in [-0.3, -0.25) is 4.79 Å². The Morgan fingerprint density at radius 3 is 2.54 bits per heavy atom. The molecular formula is C9H20N2O2. The molecule has 1 unspecified atom stereocenters. The van der Waals surface area contributed by atoms with Crippen LogP contribution < -0.4 is 11.1 Å². The summed E-state index contributed by atoms with van der Waals surface area (Å²) in [6, 6.07) is 0. The third kappa shape index (κ3) is 4.85. The van der Waals surface area contributed by atoms with E-state index >= 15 is 0 Å². The highest BCUT2D eigenvalue weighted by Crippen LogP contribution is 2.07. The minimum atomic E-state index is -0.406. The summed E-state index contributed by atoms with van der Waals surface area (Å²) in [5.74, 6) is -0.0963. The molecule has 4 nitrogen and oxygen atoms in total. The van der Waals surface area contributed by atoms with E-state index in [-0.39, 0.29) is 11.4 Å². The second kappa shape index (κ2) is 5.19. The Labute approximate surface area is 79.8 Å². The molecule has 0 heterocycles. The largest absolute Gasteiger partial charge is 0.372 e. The summed E-state index contributed by atoms with van der Waals surface area (Å²) in [5, 5.41) is 2.86.